The molecule has 0 saturated heterocycles. The van der Waals surface area contributed by atoms with Gasteiger partial charge in [0.15, 0.2) is 0 Å². The van der Waals surface area contributed by atoms with Crippen LogP contribution in [0, 0.1) is 12.3 Å². The molecule has 1 aromatic heterocycles. The fourth-order valence-electron chi connectivity index (χ4n) is 2.22. The van der Waals surface area contributed by atoms with Crippen molar-refractivity contribution in [2.45, 2.75) is 46.1 Å². The topological polar surface area (TPSA) is 29.9 Å². The lowest BCUT2D eigenvalue weighted by Crippen LogP contribution is -2.41. The molecule has 1 aromatic rings. The summed E-state index contributed by atoms with van der Waals surface area (Å²) >= 11 is 0. The van der Waals surface area contributed by atoms with Gasteiger partial charge < -0.3 is 5.32 Å². The molecular weight excluding hydrogens is 186 g/mol. The third kappa shape index (κ3) is 1.75. The van der Waals surface area contributed by atoms with Crippen LogP contribution in [0.3, 0.4) is 0 Å². The molecule has 84 valence electrons. The molecule has 2 rings (SSSR count). The first-order valence-electron chi connectivity index (χ1n) is 5.78. The Kier molecular flexibility index (Phi) is 2.49. The highest BCUT2D eigenvalue weighted by Gasteiger charge is 2.37. The van der Waals surface area contributed by atoms with E-state index in [1.807, 2.05) is 17.9 Å². The second kappa shape index (κ2) is 3.54. The van der Waals surface area contributed by atoms with Crippen LogP contribution in [0.2, 0.25) is 0 Å². The summed E-state index contributed by atoms with van der Waals surface area (Å²) in [5, 5.41) is 7.84. The molecule has 1 heterocycles. The van der Waals surface area contributed by atoms with Gasteiger partial charge in [0.05, 0.1) is 17.6 Å². The largest absolute Gasteiger partial charge is 0.379 e. The lowest BCUT2D eigenvalue weighted by molar-refractivity contribution is 0.137. The monoisotopic (exact) mass is 207 g/mol. The summed E-state index contributed by atoms with van der Waals surface area (Å²) in [5.41, 5.74) is 2.88. The van der Waals surface area contributed by atoms with E-state index < -0.39 is 0 Å². The summed E-state index contributed by atoms with van der Waals surface area (Å²) in [7, 11) is 1.98. The number of aromatic nitrogens is 2. The average Bonchev–Trinajstić information content (AvgIpc) is 2.46. The maximum Gasteiger partial charge on any atom is 0.0758 e. The van der Waals surface area contributed by atoms with Crippen LogP contribution in [0.4, 0.5) is 5.69 Å². The molecule has 0 aliphatic heterocycles. The number of aryl methyl sites for hydroxylation is 1. The first-order valence-corrected chi connectivity index (χ1v) is 5.78. The molecule has 1 aliphatic rings. The molecule has 0 amide bonds. The van der Waals surface area contributed by atoms with E-state index in [9.17, 15) is 0 Å². The van der Waals surface area contributed by atoms with Crippen LogP contribution < -0.4 is 5.32 Å². The second-order valence-corrected chi connectivity index (χ2v) is 5.14. The van der Waals surface area contributed by atoms with Crippen LogP contribution in [0.5, 0.6) is 0 Å². The van der Waals surface area contributed by atoms with E-state index in [2.05, 4.69) is 31.2 Å². The maximum atomic E-state index is 4.25. The first kappa shape index (κ1) is 10.5. The van der Waals surface area contributed by atoms with E-state index in [0.717, 1.165) is 0 Å². The third-order valence-electron chi connectivity index (χ3n) is 4.15. The Hall–Kier alpha value is -0.990. The minimum absolute atomic E-state index is 0.488. The van der Waals surface area contributed by atoms with Gasteiger partial charge in [-0.3, -0.25) is 4.68 Å². The summed E-state index contributed by atoms with van der Waals surface area (Å²) in [4.78, 5) is 0. The fraction of sp³-hybridized carbons (Fsp3) is 0.750. The van der Waals surface area contributed by atoms with Gasteiger partial charge in [-0.25, -0.2) is 0 Å². The van der Waals surface area contributed by atoms with Gasteiger partial charge in [-0.1, -0.05) is 13.3 Å². The molecule has 0 aromatic carbocycles. The summed E-state index contributed by atoms with van der Waals surface area (Å²) in [6.45, 7) is 6.76. The first-order chi connectivity index (χ1) is 7.03. The normalized spacial score (nSPS) is 20.8. The zero-order valence-corrected chi connectivity index (χ0v) is 10.2. The number of nitrogens with zero attached hydrogens (tertiary/aromatic N) is 2. The maximum absolute atomic E-state index is 4.25. The molecule has 1 saturated carbocycles. The average molecular weight is 207 g/mol. The van der Waals surface area contributed by atoms with Crippen molar-refractivity contribution in [3.05, 3.63) is 11.9 Å². The van der Waals surface area contributed by atoms with Crippen LogP contribution in [0.15, 0.2) is 6.20 Å². The number of hydrogen-bond acceptors (Lipinski definition) is 2. The standard InChI is InChI=1S/C12H21N3/c1-9-11(8-13-15(9)4)14-10(2)12(3)6-5-7-12/h8,10,14H,5-7H2,1-4H3. The van der Waals surface area contributed by atoms with E-state index >= 15 is 0 Å². The molecule has 1 aliphatic carbocycles. The Morgan fingerprint density at radius 1 is 1.53 bits per heavy atom. The molecule has 0 spiro atoms. The summed E-state index contributed by atoms with van der Waals surface area (Å²) in [6.07, 6.45) is 6.00. The summed E-state index contributed by atoms with van der Waals surface area (Å²) < 4.78 is 1.91. The van der Waals surface area contributed by atoms with E-state index in [4.69, 9.17) is 0 Å². The SMILES string of the molecule is Cc1c(NC(C)C2(C)CCC2)cnn1C. The lowest BCUT2D eigenvalue weighted by Gasteiger charge is -2.44. The van der Waals surface area contributed by atoms with Gasteiger partial charge in [0.2, 0.25) is 0 Å². The van der Waals surface area contributed by atoms with Crippen LogP contribution in [0.1, 0.15) is 38.8 Å². The third-order valence-corrected chi connectivity index (χ3v) is 4.15. The zero-order chi connectivity index (χ0) is 11.1. The van der Waals surface area contributed by atoms with Crippen molar-refractivity contribution in [3.8, 4) is 0 Å². The summed E-state index contributed by atoms with van der Waals surface area (Å²) in [6, 6.07) is 0.536. The van der Waals surface area contributed by atoms with Crippen molar-refractivity contribution in [3.63, 3.8) is 0 Å². The molecule has 1 unspecified atom stereocenters. The van der Waals surface area contributed by atoms with Crippen molar-refractivity contribution in [2.24, 2.45) is 12.5 Å². The van der Waals surface area contributed by atoms with Gasteiger partial charge in [-0.15, -0.1) is 0 Å². The molecule has 15 heavy (non-hydrogen) atoms. The predicted molar refractivity (Wildman–Crippen MR) is 63.0 cm³/mol. The van der Waals surface area contributed by atoms with Crippen LogP contribution in [-0.2, 0) is 7.05 Å². The van der Waals surface area contributed by atoms with Crippen molar-refractivity contribution in [1.82, 2.24) is 9.78 Å². The van der Waals surface area contributed by atoms with Gasteiger partial charge >= 0.3 is 0 Å². The predicted octanol–water partition coefficient (Wildman–Crippen LogP) is 2.72. The highest BCUT2D eigenvalue weighted by Crippen LogP contribution is 2.44. The Labute approximate surface area is 91.9 Å². The minimum atomic E-state index is 0.488. The molecular formula is C12H21N3. The van der Waals surface area contributed by atoms with Crippen LogP contribution in [0.25, 0.3) is 0 Å². The van der Waals surface area contributed by atoms with Crippen molar-refractivity contribution in [1.29, 1.82) is 0 Å². The number of hydrogen-bond donors (Lipinski definition) is 1. The Morgan fingerprint density at radius 2 is 2.20 bits per heavy atom. The molecule has 0 radical (unpaired) electrons. The van der Waals surface area contributed by atoms with Crippen molar-refractivity contribution < 1.29 is 0 Å². The molecule has 1 N–H and O–H groups in total. The highest BCUT2D eigenvalue weighted by atomic mass is 15.3. The van der Waals surface area contributed by atoms with Gasteiger partial charge in [-0.05, 0) is 32.1 Å². The molecule has 1 atom stereocenters. The quantitative estimate of drug-likeness (QED) is 0.826. The van der Waals surface area contributed by atoms with Gasteiger partial charge in [0.1, 0.15) is 0 Å². The van der Waals surface area contributed by atoms with Gasteiger partial charge in [-0.2, -0.15) is 5.10 Å². The molecule has 0 bridgehead atoms. The van der Waals surface area contributed by atoms with E-state index in [0.29, 0.717) is 11.5 Å². The summed E-state index contributed by atoms with van der Waals surface area (Å²) in [5.74, 6) is 0. The smallest absolute Gasteiger partial charge is 0.0758 e. The second-order valence-electron chi connectivity index (χ2n) is 5.14. The Morgan fingerprint density at radius 3 is 2.60 bits per heavy atom. The van der Waals surface area contributed by atoms with E-state index in [1.165, 1.54) is 30.6 Å². The molecule has 3 heteroatoms. The highest BCUT2D eigenvalue weighted by molar-refractivity contribution is 5.46. The van der Waals surface area contributed by atoms with Gasteiger partial charge in [0, 0.05) is 13.1 Å². The Balaban J connectivity index is 2.05. The lowest BCUT2D eigenvalue weighted by atomic mass is 9.66. The van der Waals surface area contributed by atoms with Crippen molar-refractivity contribution >= 4 is 5.69 Å². The van der Waals surface area contributed by atoms with Crippen LogP contribution in [-0.4, -0.2) is 15.8 Å². The minimum Gasteiger partial charge on any atom is -0.379 e. The number of nitrogens with one attached hydrogen (secondary N) is 1. The van der Waals surface area contributed by atoms with Gasteiger partial charge in [0.25, 0.3) is 0 Å². The fourth-order valence-corrected chi connectivity index (χ4v) is 2.22. The van der Waals surface area contributed by atoms with Crippen LogP contribution >= 0.6 is 0 Å². The number of anilines is 1. The number of rotatable bonds is 3. The van der Waals surface area contributed by atoms with E-state index in [-0.39, 0.29) is 0 Å². The Bertz CT molecular complexity index is 350. The molecule has 3 nitrogen and oxygen atoms in total. The van der Waals surface area contributed by atoms with E-state index in [1.54, 1.807) is 0 Å². The van der Waals surface area contributed by atoms with Crippen molar-refractivity contribution in [2.75, 3.05) is 5.32 Å². The zero-order valence-electron chi connectivity index (χ0n) is 10.2. The molecule has 1 fully saturated rings.